The first-order valence-corrected chi connectivity index (χ1v) is 7.16. The van der Waals surface area contributed by atoms with E-state index in [1.807, 2.05) is 26.0 Å². The van der Waals surface area contributed by atoms with Gasteiger partial charge in [0.1, 0.15) is 11.9 Å². The number of β-amino-alcohol motifs (C(OH)–C–C–N with tert-alkyl or cyclic N) is 1. The van der Waals surface area contributed by atoms with Crippen molar-refractivity contribution in [1.82, 2.24) is 9.88 Å². The van der Waals surface area contributed by atoms with Gasteiger partial charge >= 0.3 is 0 Å². The fourth-order valence-corrected chi connectivity index (χ4v) is 2.54. The first-order valence-electron chi connectivity index (χ1n) is 7.16. The van der Waals surface area contributed by atoms with Crippen molar-refractivity contribution < 1.29 is 9.84 Å². The molecule has 0 aliphatic carbocycles. The molecule has 1 N–H and O–H groups in total. The number of hydrogen-bond donors (Lipinski definition) is 1. The maximum Gasteiger partial charge on any atom is 0.122 e. The van der Waals surface area contributed by atoms with E-state index in [1.165, 1.54) is 0 Å². The first kappa shape index (κ1) is 14.3. The van der Waals surface area contributed by atoms with Crippen LogP contribution in [0, 0.1) is 0 Å². The molecular weight excluding hydrogens is 240 g/mol. The second-order valence-electron chi connectivity index (χ2n) is 5.38. The van der Waals surface area contributed by atoms with Gasteiger partial charge in [-0.3, -0.25) is 9.88 Å². The van der Waals surface area contributed by atoms with Gasteiger partial charge in [0, 0.05) is 32.0 Å². The van der Waals surface area contributed by atoms with Crippen molar-refractivity contribution in [2.24, 2.45) is 0 Å². The molecule has 1 fully saturated rings. The lowest BCUT2D eigenvalue weighted by Crippen LogP contribution is -2.41. The largest absolute Gasteiger partial charge is 0.489 e. The van der Waals surface area contributed by atoms with E-state index in [1.54, 1.807) is 12.4 Å². The molecule has 1 aromatic rings. The molecule has 19 heavy (non-hydrogen) atoms. The molecule has 106 valence electrons. The lowest BCUT2D eigenvalue weighted by atomic mass is 9.97. The Bertz CT molecular complexity index is 379. The Labute approximate surface area is 115 Å². The Morgan fingerprint density at radius 2 is 2.05 bits per heavy atom. The van der Waals surface area contributed by atoms with Gasteiger partial charge in [0.15, 0.2) is 0 Å². The molecule has 0 saturated carbocycles. The third-order valence-electron chi connectivity index (χ3n) is 4.02. The van der Waals surface area contributed by atoms with Crippen LogP contribution in [0.25, 0.3) is 0 Å². The van der Waals surface area contributed by atoms with Crippen molar-refractivity contribution >= 4 is 0 Å². The van der Waals surface area contributed by atoms with Crippen LogP contribution in [0.5, 0.6) is 5.75 Å². The minimum absolute atomic E-state index is 0.223. The Morgan fingerprint density at radius 3 is 2.68 bits per heavy atom. The van der Waals surface area contributed by atoms with Gasteiger partial charge in [-0.25, -0.2) is 0 Å². The molecule has 0 aromatic carbocycles. The Morgan fingerprint density at radius 1 is 1.37 bits per heavy atom. The number of aliphatic hydroxyl groups is 1. The molecule has 1 aliphatic heterocycles. The summed E-state index contributed by atoms with van der Waals surface area (Å²) in [6.07, 6.45) is 6.34. The van der Waals surface area contributed by atoms with Crippen LogP contribution in [0.4, 0.5) is 0 Å². The maximum atomic E-state index is 10.4. The third-order valence-corrected chi connectivity index (χ3v) is 4.02. The number of pyridine rings is 1. The molecule has 4 nitrogen and oxygen atoms in total. The molecular formula is C15H24N2O2. The van der Waals surface area contributed by atoms with Crippen molar-refractivity contribution in [1.29, 1.82) is 0 Å². The van der Waals surface area contributed by atoms with E-state index in [0.717, 1.165) is 44.6 Å². The number of ether oxygens (including phenoxy) is 1. The highest BCUT2D eigenvalue weighted by molar-refractivity contribution is 5.17. The molecule has 0 amide bonds. The summed E-state index contributed by atoms with van der Waals surface area (Å²) in [5, 5.41) is 10.4. The molecule has 2 heterocycles. The van der Waals surface area contributed by atoms with Gasteiger partial charge in [-0.15, -0.1) is 0 Å². The molecule has 0 radical (unpaired) electrons. The monoisotopic (exact) mass is 264 g/mol. The number of aromatic nitrogens is 1. The van der Waals surface area contributed by atoms with Crippen LogP contribution < -0.4 is 4.74 Å². The van der Waals surface area contributed by atoms with Gasteiger partial charge in [-0.05, 0) is 31.4 Å². The van der Waals surface area contributed by atoms with Crippen LogP contribution in [0.1, 0.15) is 33.1 Å². The summed E-state index contributed by atoms with van der Waals surface area (Å²) >= 11 is 0. The zero-order valence-electron chi connectivity index (χ0n) is 11.9. The SMILES string of the molecule is CCC(O)(CC)CN1CCC(Oc2ccncc2)C1. The molecule has 1 aliphatic rings. The van der Waals surface area contributed by atoms with Crippen molar-refractivity contribution in [2.45, 2.75) is 44.8 Å². The highest BCUT2D eigenvalue weighted by atomic mass is 16.5. The van der Waals surface area contributed by atoms with Crippen LogP contribution >= 0.6 is 0 Å². The molecule has 1 unspecified atom stereocenters. The minimum atomic E-state index is -0.550. The van der Waals surface area contributed by atoms with Gasteiger partial charge < -0.3 is 9.84 Å². The van der Waals surface area contributed by atoms with E-state index in [-0.39, 0.29) is 6.10 Å². The predicted octanol–water partition coefficient (Wildman–Crippen LogP) is 2.09. The van der Waals surface area contributed by atoms with Crippen molar-refractivity contribution in [3.05, 3.63) is 24.5 Å². The second kappa shape index (κ2) is 6.35. The summed E-state index contributed by atoms with van der Waals surface area (Å²) in [6, 6.07) is 3.77. The molecule has 1 atom stereocenters. The molecule has 4 heteroatoms. The van der Waals surface area contributed by atoms with E-state index in [4.69, 9.17) is 4.74 Å². The summed E-state index contributed by atoms with van der Waals surface area (Å²) in [6.45, 7) is 6.73. The fraction of sp³-hybridized carbons (Fsp3) is 0.667. The van der Waals surface area contributed by atoms with Crippen LogP contribution in [0.3, 0.4) is 0 Å². The number of rotatable bonds is 6. The lowest BCUT2D eigenvalue weighted by Gasteiger charge is -2.30. The quantitative estimate of drug-likeness (QED) is 0.854. The summed E-state index contributed by atoms with van der Waals surface area (Å²) in [5.74, 6) is 0.878. The van der Waals surface area contributed by atoms with E-state index in [2.05, 4.69) is 9.88 Å². The summed E-state index contributed by atoms with van der Waals surface area (Å²) in [5.41, 5.74) is -0.550. The smallest absolute Gasteiger partial charge is 0.122 e. The normalized spacial score (nSPS) is 20.7. The van der Waals surface area contributed by atoms with Gasteiger partial charge in [0.25, 0.3) is 0 Å². The fourth-order valence-electron chi connectivity index (χ4n) is 2.54. The molecule has 2 rings (SSSR count). The maximum absolute atomic E-state index is 10.4. The number of likely N-dealkylation sites (tertiary alicyclic amines) is 1. The van der Waals surface area contributed by atoms with E-state index in [0.29, 0.717) is 0 Å². The highest BCUT2D eigenvalue weighted by Crippen LogP contribution is 2.22. The Kier molecular flexibility index (Phi) is 4.77. The van der Waals surface area contributed by atoms with Crippen molar-refractivity contribution in [3.8, 4) is 5.75 Å². The molecule has 0 spiro atoms. The number of hydrogen-bond acceptors (Lipinski definition) is 4. The third kappa shape index (κ3) is 3.91. The van der Waals surface area contributed by atoms with Gasteiger partial charge in [0.05, 0.1) is 5.60 Å². The van der Waals surface area contributed by atoms with E-state index in [9.17, 15) is 5.11 Å². The van der Waals surface area contributed by atoms with Crippen molar-refractivity contribution in [3.63, 3.8) is 0 Å². The zero-order valence-corrected chi connectivity index (χ0v) is 11.9. The lowest BCUT2D eigenvalue weighted by molar-refractivity contribution is 0.000407. The summed E-state index contributed by atoms with van der Waals surface area (Å²) < 4.78 is 5.92. The Balaban J connectivity index is 1.83. The van der Waals surface area contributed by atoms with Gasteiger partial charge in [0.2, 0.25) is 0 Å². The predicted molar refractivity (Wildman–Crippen MR) is 75.2 cm³/mol. The van der Waals surface area contributed by atoms with E-state index >= 15 is 0 Å². The summed E-state index contributed by atoms with van der Waals surface area (Å²) in [7, 11) is 0. The minimum Gasteiger partial charge on any atom is -0.489 e. The number of nitrogens with zero attached hydrogens (tertiary/aromatic N) is 2. The standard InChI is InChI=1S/C15H24N2O2/c1-3-15(18,4-2)12-17-10-7-14(11-17)19-13-5-8-16-9-6-13/h5-6,8-9,14,18H,3-4,7,10-12H2,1-2H3. The van der Waals surface area contributed by atoms with Crippen LogP contribution in [0.15, 0.2) is 24.5 Å². The molecule has 0 bridgehead atoms. The topological polar surface area (TPSA) is 45.6 Å². The Hall–Kier alpha value is -1.13. The van der Waals surface area contributed by atoms with Crippen LogP contribution in [-0.2, 0) is 0 Å². The van der Waals surface area contributed by atoms with Crippen LogP contribution in [0.2, 0.25) is 0 Å². The average Bonchev–Trinajstić information content (AvgIpc) is 2.87. The van der Waals surface area contributed by atoms with Crippen molar-refractivity contribution in [2.75, 3.05) is 19.6 Å². The van der Waals surface area contributed by atoms with Gasteiger partial charge in [-0.2, -0.15) is 0 Å². The first-order chi connectivity index (χ1) is 9.15. The molecule has 1 saturated heterocycles. The van der Waals surface area contributed by atoms with E-state index < -0.39 is 5.60 Å². The second-order valence-corrected chi connectivity index (χ2v) is 5.38. The average molecular weight is 264 g/mol. The van der Waals surface area contributed by atoms with Gasteiger partial charge in [-0.1, -0.05) is 13.8 Å². The molecule has 1 aromatic heterocycles. The highest BCUT2D eigenvalue weighted by Gasteiger charge is 2.31. The van der Waals surface area contributed by atoms with Crippen LogP contribution in [-0.4, -0.2) is 46.3 Å². The zero-order chi connectivity index (χ0) is 13.7. The summed E-state index contributed by atoms with van der Waals surface area (Å²) in [4.78, 5) is 6.29.